The number of aromatic nitrogens is 1. The maximum Gasteiger partial charge on any atom is 0.407 e. The molecule has 1 aromatic carbocycles. The Morgan fingerprint density at radius 3 is 2.59 bits per heavy atom. The van der Waals surface area contributed by atoms with Gasteiger partial charge in [0.15, 0.2) is 5.96 Å². The Labute approximate surface area is 160 Å². The smallest absolute Gasteiger partial charge is 0.407 e. The first-order chi connectivity index (χ1) is 12.9. The fraction of sp³-hybridized carbons (Fsp3) is 0.450. The standard InChI is InChI=1S/C20H29N5O2/c1-5-21-18(23-12-13-24-19(26)27-20(2,3)4)25-14-16-9-6-8-15-10-7-11-22-17(15)16/h6-11H,5,12-14H2,1-4H3,(H,24,26)(H2,21,23,25). The van der Waals surface area contributed by atoms with Gasteiger partial charge >= 0.3 is 6.09 Å². The normalized spacial score (nSPS) is 11.9. The number of amides is 1. The Hall–Kier alpha value is -2.83. The molecule has 2 rings (SSSR count). The highest BCUT2D eigenvalue weighted by Gasteiger charge is 2.15. The highest BCUT2D eigenvalue weighted by molar-refractivity contribution is 5.83. The third kappa shape index (κ3) is 7.13. The van der Waals surface area contributed by atoms with Crippen molar-refractivity contribution in [3.05, 3.63) is 42.1 Å². The van der Waals surface area contributed by atoms with Crippen molar-refractivity contribution in [1.29, 1.82) is 0 Å². The molecule has 2 aromatic rings. The Morgan fingerprint density at radius 2 is 1.85 bits per heavy atom. The molecule has 1 heterocycles. The summed E-state index contributed by atoms with van der Waals surface area (Å²) in [5.74, 6) is 0.691. The second-order valence-electron chi connectivity index (χ2n) is 7.04. The predicted octanol–water partition coefficient (Wildman–Crippen LogP) is 2.81. The summed E-state index contributed by atoms with van der Waals surface area (Å²) in [5.41, 5.74) is 1.53. The van der Waals surface area contributed by atoms with Crippen LogP contribution in [0.15, 0.2) is 41.5 Å². The first kappa shape index (κ1) is 20.5. The zero-order chi connectivity index (χ0) is 19.7. The molecule has 0 radical (unpaired) electrons. The van der Waals surface area contributed by atoms with E-state index in [4.69, 9.17) is 4.74 Å². The van der Waals surface area contributed by atoms with E-state index in [0.717, 1.165) is 23.0 Å². The van der Waals surface area contributed by atoms with E-state index in [2.05, 4.69) is 25.9 Å². The molecule has 0 fully saturated rings. The molecule has 0 spiro atoms. The Morgan fingerprint density at radius 1 is 1.11 bits per heavy atom. The van der Waals surface area contributed by atoms with E-state index in [1.807, 2.05) is 58.0 Å². The Bertz CT molecular complexity index is 778. The molecule has 0 atom stereocenters. The van der Waals surface area contributed by atoms with Gasteiger partial charge in [0.1, 0.15) is 5.60 Å². The molecule has 146 valence electrons. The summed E-state index contributed by atoms with van der Waals surface area (Å²) in [6.07, 6.45) is 1.37. The molecule has 0 saturated heterocycles. The summed E-state index contributed by atoms with van der Waals surface area (Å²) >= 11 is 0. The predicted molar refractivity (Wildman–Crippen MR) is 109 cm³/mol. The third-order valence-corrected chi connectivity index (χ3v) is 3.55. The highest BCUT2D eigenvalue weighted by Crippen LogP contribution is 2.16. The number of aliphatic imine (C=N–C) groups is 1. The maximum atomic E-state index is 11.7. The summed E-state index contributed by atoms with van der Waals surface area (Å²) < 4.78 is 5.21. The van der Waals surface area contributed by atoms with E-state index in [1.165, 1.54) is 0 Å². The van der Waals surface area contributed by atoms with Crippen LogP contribution in [0.5, 0.6) is 0 Å². The SMILES string of the molecule is CCNC(=NCc1cccc2cccnc12)NCCNC(=O)OC(C)(C)C. The molecule has 7 nitrogen and oxygen atoms in total. The number of guanidine groups is 1. The number of para-hydroxylation sites is 1. The van der Waals surface area contributed by atoms with E-state index < -0.39 is 11.7 Å². The summed E-state index contributed by atoms with van der Waals surface area (Å²) in [6, 6.07) is 10.1. The van der Waals surface area contributed by atoms with Gasteiger partial charge in [-0.15, -0.1) is 0 Å². The van der Waals surface area contributed by atoms with Crippen molar-refractivity contribution in [2.75, 3.05) is 19.6 Å². The van der Waals surface area contributed by atoms with Crippen molar-refractivity contribution in [3.63, 3.8) is 0 Å². The first-order valence-electron chi connectivity index (χ1n) is 9.20. The fourth-order valence-electron chi connectivity index (χ4n) is 2.46. The number of carbonyl (C=O) groups excluding carboxylic acids is 1. The number of rotatable bonds is 6. The number of hydrogen-bond acceptors (Lipinski definition) is 4. The zero-order valence-corrected chi connectivity index (χ0v) is 16.5. The van der Waals surface area contributed by atoms with Crippen molar-refractivity contribution in [1.82, 2.24) is 20.9 Å². The van der Waals surface area contributed by atoms with Crippen LogP contribution in [-0.4, -0.2) is 42.3 Å². The van der Waals surface area contributed by atoms with Gasteiger partial charge in [-0.1, -0.05) is 24.3 Å². The molecule has 0 bridgehead atoms. The van der Waals surface area contributed by atoms with Crippen LogP contribution in [0.1, 0.15) is 33.3 Å². The molecule has 0 aliphatic rings. The van der Waals surface area contributed by atoms with Gasteiger partial charge in [0.25, 0.3) is 0 Å². The van der Waals surface area contributed by atoms with Gasteiger partial charge in [0.05, 0.1) is 12.1 Å². The highest BCUT2D eigenvalue weighted by atomic mass is 16.6. The van der Waals surface area contributed by atoms with Crippen LogP contribution in [0, 0.1) is 0 Å². The van der Waals surface area contributed by atoms with Gasteiger partial charge in [-0.05, 0) is 39.3 Å². The van der Waals surface area contributed by atoms with E-state index >= 15 is 0 Å². The lowest BCUT2D eigenvalue weighted by Crippen LogP contribution is -2.42. The maximum absolute atomic E-state index is 11.7. The van der Waals surface area contributed by atoms with Crippen LogP contribution in [0.2, 0.25) is 0 Å². The largest absolute Gasteiger partial charge is 0.444 e. The molecular formula is C20H29N5O2. The second kappa shape index (κ2) is 9.75. The molecular weight excluding hydrogens is 342 g/mol. The molecule has 0 saturated carbocycles. The minimum absolute atomic E-state index is 0.423. The molecule has 7 heteroatoms. The summed E-state index contributed by atoms with van der Waals surface area (Å²) in [5, 5.41) is 10.2. The fourth-order valence-corrected chi connectivity index (χ4v) is 2.46. The summed E-state index contributed by atoms with van der Waals surface area (Å²) in [4.78, 5) is 20.7. The lowest BCUT2D eigenvalue weighted by molar-refractivity contribution is 0.0529. The van der Waals surface area contributed by atoms with Gasteiger partial charge in [-0.3, -0.25) is 4.98 Å². The third-order valence-electron chi connectivity index (χ3n) is 3.55. The van der Waals surface area contributed by atoms with Crippen molar-refractivity contribution < 1.29 is 9.53 Å². The average Bonchev–Trinajstić information content (AvgIpc) is 2.61. The van der Waals surface area contributed by atoms with Crippen molar-refractivity contribution in [2.45, 2.75) is 39.8 Å². The van der Waals surface area contributed by atoms with Crippen LogP contribution in [0.4, 0.5) is 4.79 Å². The summed E-state index contributed by atoms with van der Waals surface area (Å²) in [6.45, 7) is 9.76. The molecule has 27 heavy (non-hydrogen) atoms. The van der Waals surface area contributed by atoms with E-state index in [9.17, 15) is 4.79 Å². The van der Waals surface area contributed by atoms with Crippen LogP contribution in [0.3, 0.4) is 0 Å². The average molecular weight is 371 g/mol. The molecule has 1 aromatic heterocycles. The molecule has 0 aliphatic carbocycles. The van der Waals surface area contributed by atoms with Crippen LogP contribution < -0.4 is 16.0 Å². The molecule has 0 aliphatic heterocycles. The van der Waals surface area contributed by atoms with E-state index in [1.54, 1.807) is 6.20 Å². The number of nitrogens with zero attached hydrogens (tertiary/aromatic N) is 2. The zero-order valence-electron chi connectivity index (χ0n) is 16.5. The minimum atomic E-state index is -0.500. The Balaban J connectivity index is 1.89. The van der Waals surface area contributed by atoms with Crippen LogP contribution in [-0.2, 0) is 11.3 Å². The van der Waals surface area contributed by atoms with Crippen molar-refractivity contribution >= 4 is 23.0 Å². The number of hydrogen-bond donors (Lipinski definition) is 3. The number of ether oxygens (including phenoxy) is 1. The van der Waals surface area contributed by atoms with E-state index in [0.29, 0.717) is 25.6 Å². The molecule has 3 N–H and O–H groups in total. The van der Waals surface area contributed by atoms with Gasteiger partial charge in [0, 0.05) is 31.2 Å². The number of fused-ring (bicyclic) bond motifs is 1. The number of carbonyl (C=O) groups is 1. The van der Waals surface area contributed by atoms with Gasteiger partial charge in [-0.25, -0.2) is 9.79 Å². The van der Waals surface area contributed by atoms with Crippen molar-refractivity contribution in [3.8, 4) is 0 Å². The monoisotopic (exact) mass is 371 g/mol. The second-order valence-corrected chi connectivity index (χ2v) is 7.04. The van der Waals surface area contributed by atoms with Crippen LogP contribution in [0.25, 0.3) is 10.9 Å². The van der Waals surface area contributed by atoms with Gasteiger partial charge in [-0.2, -0.15) is 0 Å². The Kier molecular flexibility index (Phi) is 7.40. The molecule has 1 amide bonds. The number of benzene rings is 1. The topological polar surface area (TPSA) is 87.6 Å². The minimum Gasteiger partial charge on any atom is -0.444 e. The first-order valence-corrected chi connectivity index (χ1v) is 9.20. The number of alkyl carbamates (subject to hydrolysis) is 1. The lowest BCUT2D eigenvalue weighted by atomic mass is 10.1. The number of pyridine rings is 1. The van der Waals surface area contributed by atoms with Gasteiger partial charge in [0.2, 0.25) is 0 Å². The quantitative estimate of drug-likeness (QED) is 0.413. The summed E-state index contributed by atoms with van der Waals surface area (Å²) in [7, 11) is 0. The van der Waals surface area contributed by atoms with Crippen molar-refractivity contribution in [2.24, 2.45) is 4.99 Å². The van der Waals surface area contributed by atoms with E-state index in [-0.39, 0.29) is 0 Å². The molecule has 0 unspecified atom stereocenters. The van der Waals surface area contributed by atoms with Gasteiger partial charge < -0.3 is 20.7 Å². The van der Waals surface area contributed by atoms with Crippen LogP contribution >= 0.6 is 0 Å². The lowest BCUT2D eigenvalue weighted by Gasteiger charge is -2.19. The number of nitrogens with one attached hydrogen (secondary N) is 3.